The molecule has 3 N–H and O–H groups in total. The Balaban J connectivity index is 1.44. The molecule has 1 saturated heterocycles. The Labute approximate surface area is 226 Å². The highest BCUT2D eigenvalue weighted by molar-refractivity contribution is 7.99. The van der Waals surface area contributed by atoms with Gasteiger partial charge >= 0.3 is 0 Å². The minimum Gasteiger partial charge on any atom is -0.375 e. The number of sulfonamides is 1. The van der Waals surface area contributed by atoms with Crippen LogP contribution < -0.4 is 15.4 Å². The van der Waals surface area contributed by atoms with Crippen LogP contribution in [0.5, 0.6) is 0 Å². The summed E-state index contributed by atoms with van der Waals surface area (Å²) in [6, 6.07) is 1.33. The number of hydrogen-bond acceptors (Lipinski definition) is 10. The Hall–Kier alpha value is -2.76. The van der Waals surface area contributed by atoms with Crippen LogP contribution in [0.4, 0.5) is 19.0 Å². The van der Waals surface area contributed by atoms with Crippen molar-refractivity contribution in [3.05, 3.63) is 24.0 Å². The Bertz CT molecular complexity index is 1250. The van der Waals surface area contributed by atoms with Gasteiger partial charge in [-0.15, -0.1) is 0 Å². The predicted molar refractivity (Wildman–Crippen MR) is 132 cm³/mol. The van der Waals surface area contributed by atoms with Crippen LogP contribution in [-0.2, 0) is 19.6 Å². The number of nitrogens with one attached hydrogen (secondary N) is 3. The number of pyridine rings is 1. The zero-order valence-electron chi connectivity index (χ0n) is 20.6. The molecule has 2 fully saturated rings. The third kappa shape index (κ3) is 7.67. The molecule has 2 aliphatic rings. The first kappa shape index (κ1) is 29.2. The summed E-state index contributed by atoms with van der Waals surface area (Å²) in [7, 11) is -4.21. The molecule has 17 heteroatoms. The Morgan fingerprint density at radius 1 is 1.15 bits per heavy atom. The molecule has 1 aliphatic heterocycles. The molecular weight excluding hydrogens is 565 g/mol. The number of hydrogen-bond donors (Lipinski definition) is 3. The highest BCUT2D eigenvalue weighted by atomic mass is 32.2. The van der Waals surface area contributed by atoms with Gasteiger partial charge in [0.1, 0.15) is 16.8 Å². The Kier molecular flexibility index (Phi) is 9.45. The zero-order chi connectivity index (χ0) is 28.0. The van der Waals surface area contributed by atoms with Crippen LogP contribution in [0.1, 0.15) is 42.6 Å². The first-order valence-corrected chi connectivity index (χ1v) is 14.6. The summed E-state index contributed by atoms with van der Waals surface area (Å²) in [4.78, 5) is 29.9. The molecule has 2 aromatic heterocycles. The maximum absolute atomic E-state index is 14.3. The lowest BCUT2D eigenvalue weighted by molar-refractivity contribution is -0.119. The lowest BCUT2D eigenvalue weighted by atomic mass is 9.83. The molecular formula is C22H27F3N6O6S2. The smallest absolute Gasteiger partial charge is 0.277 e. The molecule has 214 valence electrons. The summed E-state index contributed by atoms with van der Waals surface area (Å²) in [5, 5.41) is 12.7. The second-order valence-electron chi connectivity index (χ2n) is 9.31. The third-order valence-corrected chi connectivity index (χ3v) is 8.89. The molecule has 0 spiro atoms. The van der Waals surface area contributed by atoms with E-state index >= 15 is 0 Å². The van der Waals surface area contributed by atoms with Crippen LogP contribution in [0, 0.1) is 5.92 Å². The predicted octanol–water partition coefficient (Wildman–Crippen LogP) is 2.16. The number of halogens is 3. The number of carbonyl (C=O) groups is 2. The molecule has 0 unspecified atom stereocenters. The average molecular weight is 593 g/mol. The van der Waals surface area contributed by atoms with Crippen LogP contribution >= 0.6 is 11.8 Å². The van der Waals surface area contributed by atoms with Gasteiger partial charge in [0.2, 0.25) is 21.6 Å². The number of amides is 2. The number of ether oxygens (including phenoxy) is 1. The van der Waals surface area contributed by atoms with Gasteiger partial charge in [0.15, 0.2) is 10.7 Å². The second-order valence-corrected chi connectivity index (χ2v) is 12.0. The van der Waals surface area contributed by atoms with Gasteiger partial charge in [0.05, 0.1) is 19.8 Å². The van der Waals surface area contributed by atoms with Crippen molar-refractivity contribution in [2.24, 2.45) is 5.92 Å². The lowest BCUT2D eigenvalue weighted by Crippen LogP contribution is -2.49. The fourth-order valence-corrected chi connectivity index (χ4v) is 6.03. The van der Waals surface area contributed by atoms with E-state index in [9.17, 15) is 31.2 Å². The van der Waals surface area contributed by atoms with E-state index in [0.29, 0.717) is 12.8 Å². The van der Waals surface area contributed by atoms with Crippen molar-refractivity contribution in [3.8, 4) is 0 Å². The minimum atomic E-state index is -4.21. The van der Waals surface area contributed by atoms with Crippen molar-refractivity contribution in [1.29, 1.82) is 0 Å². The number of aromatic nitrogens is 3. The topological polar surface area (TPSA) is 165 Å². The molecule has 39 heavy (non-hydrogen) atoms. The van der Waals surface area contributed by atoms with Gasteiger partial charge in [-0.05, 0) is 41.2 Å². The molecule has 4 rings (SSSR count). The van der Waals surface area contributed by atoms with Gasteiger partial charge in [-0.25, -0.2) is 35.9 Å². The van der Waals surface area contributed by atoms with Crippen LogP contribution in [-0.4, -0.2) is 79.2 Å². The summed E-state index contributed by atoms with van der Waals surface area (Å²) in [5.41, 5.74) is -1.70. The first-order valence-electron chi connectivity index (χ1n) is 12.1. The van der Waals surface area contributed by atoms with Crippen LogP contribution in [0.3, 0.4) is 0 Å². The number of thioether (sulfide) groups is 1. The lowest BCUT2D eigenvalue weighted by Gasteiger charge is -2.32. The summed E-state index contributed by atoms with van der Waals surface area (Å²) in [6.07, 6.45) is 2.16. The van der Waals surface area contributed by atoms with Crippen molar-refractivity contribution in [3.63, 3.8) is 0 Å². The van der Waals surface area contributed by atoms with Crippen molar-refractivity contribution < 1.29 is 40.5 Å². The molecule has 12 nitrogen and oxygen atoms in total. The highest BCUT2D eigenvalue weighted by Crippen LogP contribution is 2.31. The van der Waals surface area contributed by atoms with Gasteiger partial charge in [0.25, 0.3) is 12.3 Å². The van der Waals surface area contributed by atoms with E-state index < -0.39 is 46.5 Å². The van der Waals surface area contributed by atoms with E-state index in [1.807, 2.05) is 0 Å². The molecule has 2 amide bonds. The largest absolute Gasteiger partial charge is 0.375 e. The molecule has 1 aliphatic carbocycles. The maximum Gasteiger partial charge on any atom is 0.277 e. The van der Waals surface area contributed by atoms with Gasteiger partial charge in [-0.3, -0.25) is 9.59 Å². The third-order valence-electron chi connectivity index (χ3n) is 6.28. The van der Waals surface area contributed by atoms with Crippen LogP contribution in [0.25, 0.3) is 0 Å². The van der Waals surface area contributed by atoms with Crippen molar-refractivity contribution in [2.75, 3.05) is 30.8 Å². The van der Waals surface area contributed by atoms with E-state index in [-0.39, 0.29) is 46.3 Å². The van der Waals surface area contributed by atoms with Crippen LogP contribution in [0.2, 0.25) is 0 Å². The second kappa shape index (κ2) is 12.6. The van der Waals surface area contributed by atoms with Gasteiger partial charge in [-0.1, -0.05) is 31.0 Å². The van der Waals surface area contributed by atoms with Gasteiger partial charge in [0, 0.05) is 11.9 Å². The van der Waals surface area contributed by atoms with E-state index in [0.717, 1.165) is 43.3 Å². The number of nitrogens with zero attached hydrogens (tertiary/aromatic N) is 3. The number of carbonyl (C=O) groups excluding carboxylic acids is 2. The van der Waals surface area contributed by atoms with Crippen molar-refractivity contribution >= 4 is 39.4 Å². The van der Waals surface area contributed by atoms with Gasteiger partial charge in [-0.2, -0.15) is 0 Å². The van der Waals surface area contributed by atoms with Crippen molar-refractivity contribution in [1.82, 2.24) is 25.3 Å². The molecule has 0 aromatic carbocycles. The molecule has 0 bridgehead atoms. The summed E-state index contributed by atoms with van der Waals surface area (Å²) < 4.78 is 74.6. The first-order chi connectivity index (χ1) is 18.6. The fraction of sp³-hybridized carbons (Fsp3) is 0.591. The number of alkyl halides is 3. The summed E-state index contributed by atoms with van der Waals surface area (Å²) >= 11 is 0.957. The number of rotatable bonds is 12. The fourth-order valence-electron chi connectivity index (χ4n) is 4.17. The standard InChI is InChI=1S/C22H27F3N6O6S2/c23-15(24)9-27-39(34,35)14-6-7-16(26-8-14)28-19(32)17(13-4-2-1-3-5-13)29-20(33)18-21(31-37-30-18)38-12-22(25)10-36-11-22/h6-8,13,15,17,27H,1-5,9-12H2,(H,29,33)(H,26,28,32)/t17-/m0/s1. The van der Waals surface area contributed by atoms with E-state index in [4.69, 9.17) is 9.37 Å². The van der Waals surface area contributed by atoms with E-state index in [1.54, 1.807) is 4.72 Å². The summed E-state index contributed by atoms with van der Waals surface area (Å²) in [6.45, 7) is -1.15. The average Bonchev–Trinajstić information content (AvgIpc) is 3.38. The molecule has 3 heterocycles. The zero-order valence-corrected chi connectivity index (χ0v) is 22.2. The highest BCUT2D eigenvalue weighted by Gasteiger charge is 2.40. The van der Waals surface area contributed by atoms with E-state index in [2.05, 4.69) is 25.9 Å². The molecule has 0 radical (unpaired) electrons. The number of anilines is 1. The monoisotopic (exact) mass is 592 g/mol. The Morgan fingerprint density at radius 3 is 2.51 bits per heavy atom. The van der Waals surface area contributed by atoms with Crippen LogP contribution in [0.15, 0.2) is 32.9 Å². The maximum atomic E-state index is 14.3. The summed E-state index contributed by atoms with van der Waals surface area (Å²) in [5.74, 6) is -1.52. The van der Waals surface area contributed by atoms with Gasteiger partial charge < -0.3 is 15.4 Å². The Morgan fingerprint density at radius 2 is 1.90 bits per heavy atom. The SMILES string of the molecule is O=C(N[C@H](C(=O)Nc1ccc(S(=O)(=O)NCC(F)F)cn1)C1CCCCC1)c1nonc1SCC1(F)COC1. The molecule has 2 aromatic rings. The van der Waals surface area contributed by atoms with E-state index in [1.165, 1.54) is 6.07 Å². The quantitative estimate of drug-likeness (QED) is 0.311. The van der Waals surface area contributed by atoms with Crippen molar-refractivity contribution in [2.45, 2.75) is 60.2 Å². The normalized spacial score (nSPS) is 18.4. The minimum absolute atomic E-state index is 0.00169. The molecule has 1 saturated carbocycles. The molecule has 1 atom stereocenters.